The average Bonchev–Trinajstić information content (AvgIpc) is 2.70. The van der Waals surface area contributed by atoms with Gasteiger partial charge in [-0.3, -0.25) is 4.79 Å². The van der Waals surface area contributed by atoms with Crippen LogP contribution in [0.15, 0.2) is 34.7 Å². The predicted molar refractivity (Wildman–Crippen MR) is 59.6 cm³/mol. The summed E-state index contributed by atoms with van der Waals surface area (Å²) in [6.07, 6.45) is 0.654. The summed E-state index contributed by atoms with van der Waals surface area (Å²) < 4.78 is 5.24. The van der Waals surface area contributed by atoms with Gasteiger partial charge in [0.15, 0.2) is 12.0 Å². The number of aldehydes is 1. The molecule has 2 rings (SSSR count). The summed E-state index contributed by atoms with van der Waals surface area (Å²) in [5.41, 5.74) is 0.789. The largest absolute Gasteiger partial charge is 0.453 e. The van der Waals surface area contributed by atoms with Crippen LogP contribution in [0.3, 0.4) is 0 Å². The van der Waals surface area contributed by atoms with E-state index in [0.29, 0.717) is 22.1 Å². The summed E-state index contributed by atoms with van der Waals surface area (Å²) in [6.45, 7) is 0. The summed E-state index contributed by atoms with van der Waals surface area (Å²) in [7, 11) is 0. The van der Waals surface area contributed by atoms with E-state index in [9.17, 15) is 4.79 Å². The minimum absolute atomic E-state index is 0.288. The summed E-state index contributed by atoms with van der Waals surface area (Å²) in [5, 5.41) is 0.945. The first kappa shape index (κ1) is 10.3. The number of rotatable bonds is 2. The normalized spacial score (nSPS) is 10.3. The van der Waals surface area contributed by atoms with Gasteiger partial charge in [-0.1, -0.05) is 23.2 Å². The SMILES string of the molecule is O=Cc1ccc(-c2ccc(Cl)c(Cl)c2)o1. The highest BCUT2D eigenvalue weighted by Crippen LogP contribution is 2.29. The third-order valence-electron chi connectivity index (χ3n) is 1.95. The van der Waals surface area contributed by atoms with Gasteiger partial charge < -0.3 is 4.42 Å². The van der Waals surface area contributed by atoms with Crippen molar-refractivity contribution in [3.8, 4) is 11.3 Å². The molecule has 0 spiro atoms. The van der Waals surface area contributed by atoms with Crippen LogP contribution >= 0.6 is 23.2 Å². The summed E-state index contributed by atoms with van der Waals surface area (Å²) >= 11 is 11.6. The van der Waals surface area contributed by atoms with E-state index in [4.69, 9.17) is 27.6 Å². The number of carbonyl (C=O) groups excluding carboxylic acids is 1. The van der Waals surface area contributed by atoms with Gasteiger partial charge in [0.05, 0.1) is 10.0 Å². The number of hydrogen-bond donors (Lipinski definition) is 0. The van der Waals surface area contributed by atoms with Crippen LogP contribution in [0, 0.1) is 0 Å². The molecule has 0 aliphatic carbocycles. The van der Waals surface area contributed by atoms with Crippen molar-refractivity contribution in [3.63, 3.8) is 0 Å². The van der Waals surface area contributed by atoms with Crippen LogP contribution in [0.4, 0.5) is 0 Å². The Kier molecular flexibility index (Phi) is 2.80. The van der Waals surface area contributed by atoms with E-state index in [0.717, 1.165) is 5.56 Å². The third-order valence-corrected chi connectivity index (χ3v) is 2.69. The maximum Gasteiger partial charge on any atom is 0.185 e. The Labute approximate surface area is 96.4 Å². The van der Waals surface area contributed by atoms with E-state index in [1.807, 2.05) is 0 Å². The number of halogens is 2. The van der Waals surface area contributed by atoms with Gasteiger partial charge >= 0.3 is 0 Å². The van der Waals surface area contributed by atoms with Gasteiger partial charge in [0.25, 0.3) is 0 Å². The zero-order valence-electron chi connectivity index (χ0n) is 7.54. The molecule has 0 unspecified atom stereocenters. The molecule has 15 heavy (non-hydrogen) atoms. The number of benzene rings is 1. The first-order valence-electron chi connectivity index (χ1n) is 4.21. The van der Waals surface area contributed by atoms with Gasteiger partial charge in [-0.2, -0.15) is 0 Å². The van der Waals surface area contributed by atoms with Crippen LogP contribution in [0.25, 0.3) is 11.3 Å². The average molecular weight is 241 g/mol. The molecule has 76 valence electrons. The Morgan fingerprint density at radius 2 is 1.87 bits per heavy atom. The molecule has 2 aromatic rings. The molecule has 0 fully saturated rings. The lowest BCUT2D eigenvalue weighted by Gasteiger charge is -1.99. The van der Waals surface area contributed by atoms with Crippen molar-refractivity contribution in [2.24, 2.45) is 0 Å². The second-order valence-electron chi connectivity index (χ2n) is 2.95. The molecule has 2 nitrogen and oxygen atoms in total. The molecule has 0 bridgehead atoms. The van der Waals surface area contributed by atoms with Crippen LogP contribution in [0.2, 0.25) is 10.0 Å². The van der Waals surface area contributed by atoms with E-state index < -0.39 is 0 Å². The summed E-state index contributed by atoms with van der Waals surface area (Å²) in [6, 6.07) is 8.47. The van der Waals surface area contributed by atoms with Crippen molar-refractivity contribution >= 4 is 29.5 Å². The van der Waals surface area contributed by atoms with Gasteiger partial charge in [0.2, 0.25) is 0 Å². The van der Waals surface area contributed by atoms with E-state index in [-0.39, 0.29) is 5.76 Å². The smallest absolute Gasteiger partial charge is 0.185 e. The van der Waals surface area contributed by atoms with Gasteiger partial charge in [-0.05, 0) is 30.3 Å². The molecule has 0 aliphatic rings. The zero-order chi connectivity index (χ0) is 10.8. The third kappa shape index (κ3) is 2.06. The van der Waals surface area contributed by atoms with Crippen molar-refractivity contribution in [2.75, 3.05) is 0 Å². The van der Waals surface area contributed by atoms with Crippen LogP contribution < -0.4 is 0 Å². The van der Waals surface area contributed by atoms with Crippen molar-refractivity contribution in [2.45, 2.75) is 0 Å². The molecule has 0 atom stereocenters. The Bertz CT molecular complexity index is 503. The van der Waals surface area contributed by atoms with Gasteiger partial charge in [-0.25, -0.2) is 0 Å². The lowest BCUT2D eigenvalue weighted by atomic mass is 10.2. The minimum Gasteiger partial charge on any atom is -0.453 e. The molecule has 4 heteroatoms. The van der Waals surface area contributed by atoms with Crippen molar-refractivity contribution < 1.29 is 9.21 Å². The highest BCUT2D eigenvalue weighted by atomic mass is 35.5. The topological polar surface area (TPSA) is 30.2 Å². The van der Waals surface area contributed by atoms with Crippen LogP contribution in [-0.2, 0) is 0 Å². The molecule has 1 heterocycles. The van der Waals surface area contributed by atoms with E-state index >= 15 is 0 Å². The van der Waals surface area contributed by atoms with E-state index in [2.05, 4.69) is 0 Å². The van der Waals surface area contributed by atoms with Gasteiger partial charge in [0, 0.05) is 5.56 Å². The number of hydrogen-bond acceptors (Lipinski definition) is 2. The molecule has 0 radical (unpaired) electrons. The second kappa shape index (κ2) is 4.09. The Balaban J connectivity index is 2.44. The zero-order valence-corrected chi connectivity index (χ0v) is 9.05. The molecule has 0 saturated heterocycles. The highest BCUT2D eigenvalue weighted by Gasteiger charge is 2.06. The van der Waals surface area contributed by atoms with Crippen LogP contribution in [-0.4, -0.2) is 6.29 Å². The minimum atomic E-state index is 0.288. The maximum absolute atomic E-state index is 10.4. The predicted octanol–water partition coefficient (Wildman–Crippen LogP) is 4.07. The van der Waals surface area contributed by atoms with Crippen LogP contribution in [0.5, 0.6) is 0 Å². The fraction of sp³-hybridized carbons (Fsp3) is 0. The quantitative estimate of drug-likeness (QED) is 0.742. The molecule has 0 aliphatic heterocycles. The van der Waals surface area contributed by atoms with Crippen LogP contribution in [0.1, 0.15) is 10.6 Å². The first-order chi connectivity index (χ1) is 7.20. The molecule has 0 saturated carbocycles. The van der Waals surface area contributed by atoms with E-state index in [1.54, 1.807) is 30.3 Å². The van der Waals surface area contributed by atoms with E-state index in [1.165, 1.54) is 0 Å². The molecule has 0 amide bonds. The fourth-order valence-electron chi connectivity index (χ4n) is 1.22. The van der Waals surface area contributed by atoms with Crippen molar-refractivity contribution in [3.05, 3.63) is 46.1 Å². The van der Waals surface area contributed by atoms with Crippen molar-refractivity contribution in [1.29, 1.82) is 0 Å². The Hall–Kier alpha value is -1.25. The number of furan rings is 1. The van der Waals surface area contributed by atoms with Gasteiger partial charge in [0.1, 0.15) is 5.76 Å². The molecule has 1 aromatic carbocycles. The summed E-state index contributed by atoms with van der Waals surface area (Å²) in [4.78, 5) is 10.4. The lowest BCUT2D eigenvalue weighted by Crippen LogP contribution is -1.75. The Morgan fingerprint density at radius 1 is 1.07 bits per heavy atom. The summed E-state index contributed by atoms with van der Waals surface area (Å²) in [5.74, 6) is 0.881. The molecule has 0 N–H and O–H groups in total. The Morgan fingerprint density at radius 3 is 2.47 bits per heavy atom. The fourth-order valence-corrected chi connectivity index (χ4v) is 1.52. The second-order valence-corrected chi connectivity index (χ2v) is 3.76. The maximum atomic E-state index is 10.4. The molecular formula is C11H6Cl2O2. The highest BCUT2D eigenvalue weighted by molar-refractivity contribution is 6.42. The van der Waals surface area contributed by atoms with Crippen molar-refractivity contribution in [1.82, 2.24) is 0 Å². The number of carbonyl (C=O) groups is 1. The lowest BCUT2D eigenvalue weighted by molar-refractivity contribution is 0.110. The first-order valence-corrected chi connectivity index (χ1v) is 4.97. The molecule has 1 aromatic heterocycles. The van der Waals surface area contributed by atoms with Gasteiger partial charge in [-0.15, -0.1) is 0 Å². The monoisotopic (exact) mass is 240 g/mol. The molecular weight excluding hydrogens is 235 g/mol. The standard InChI is InChI=1S/C11H6Cl2O2/c12-9-3-1-7(5-10(9)13)11-4-2-8(6-14)15-11/h1-6H.